The summed E-state index contributed by atoms with van der Waals surface area (Å²) in [5.74, 6) is 0.757. The molecule has 0 saturated carbocycles. The number of carbonyl (C=O) groups is 1. The van der Waals surface area contributed by atoms with E-state index >= 15 is 0 Å². The van der Waals surface area contributed by atoms with Crippen LogP contribution in [-0.4, -0.2) is 46.4 Å². The lowest BCUT2D eigenvalue weighted by Gasteiger charge is -2.38. The van der Waals surface area contributed by atoms with E-state index in [1.54, 1.807) is 14.2 Å². The number of hydrogen-bond acceptors (Lipinski definition) is 4. The molecule has 1 heterocycles. The number of piperidine rings is 1. The highest BCUT2D eigenvalue weighted by atomic mass is 35.5. The summed E-state index contributed by atoms with van der Waals surface area (Å²) in [6, 6.07) is 7.70. The van der Waals surface area contributed by atoms with Crippen LogP contribution in [0.1, 0.15) is 32.3 Å². The minimum Gasteiger partial charge on any atom is -0.496 e. The van der Waals surface area contributed by atoms with E-state index in [2.05, 4.69) is 10.6 Å². The largest absolute Gasteiger partial charge is 0.496 e. The fourth-order valence-corrected chi connectivity index (χ4v) is 3.41. The van der Waals surface area contributed by atoms with Gasteiger partial charge in [0.1, 0.15) is 5.75 Å². The van der Waals surface area contributed by atoms with Gasteiger partial charge in [-0.15, -0.1) is 12.4 Å². The van der Waals surface area contributed by atoms with Gasteiger partial charge in [-0.25, -0.2) is 0 Å². The predicted molar refractivity (Wildman–Crippen MR) is 103 cm³/mol. The fourth-order valence-electron chi connectivity index (χ4n) is 3.41. The lowest BCUT2D eigenvalue weighted by Crippen LogP contribution is -2.50. The highest BCUT2D eigenvalue weighted by Crippen LogP contribution is 2.33. The summed E-state index contributed by atoms with van der Waals surface area (Å²) >= 11 is 0. The molecular weight excluding hydrogens is 340 g/mol. The third-order valence-corrected chi connectivity index (χ3v) is 5.09. The number of nitrogens with one attached hydrogen (secondary N) is 2. The molecule has 1 saturated heterocycles. The summed E-state index contributed by atoms with van der Waals surface area (Å²) in [6.45, 7) is 7.12. The molecule has 1 aliphatic rings. The molecule has 2 rings (SSSR count). The summed E-state index contributed by atoms with van der Waals surface area (Å²) in [7, 11) is 3.36. The molecule has 0 radical (unpaired) electrons. The van der Waals surface area contributed by atoms with Gasteiger partial charge in [-0.1, -0.05) is 18.2 Å². The van der Waals surface area contributed by atoms with E-state index in [1.165, 1.54) is 0 Å². The van der Waals surface area contributed by atoms with Crippen LogP contribution in [0.2, 0.25) is 0 Å². The summed E-state index contributed by atoms with van der Waals surface area (Å²) in [4.78, 5) is 12.9. The fraction of sp³-hybridized carbons (Fsp3) is 0.632. The van der Waals surface area contributed by atoms with Gasteiger partial charge in [0, 0.05) is 24.6 Å². The second-order valence-electron chi connectivity index (χ2n) is 7.19. The van der Waals surface area contributed by atoms with Crippen LogP contribution in [0.3, 0.4) is 0 Å². The third-order valence-electron chi connectivity index (χ3n) is 5.09. The van der Waals surface area contributed by atoms with Crippen molar-refractivity contribution in [3.8, 4) is 5.75 Å². The smallest absolute Gasteiger partial charge is 0.230 e. The Labute approximate surface area is 157 Å². The van der Waals surface area contributed by atoms with Gasteiger partial charge in [0.05, 0.1) is 19.1 Å². The van der Waals surface area contributed by atoms with Gasteiger partial charge >= 0.3 is 0 Å². The van der Waals surface area contributed by atoms with Crippen LogP contribution in [0, 0.1) is 5.41 Å². The first-order chi connectivity index (χ1) is 11.4. The standard InChI is InChI=1S/C19H30N2O3.ClH/c1-18(2,15-7-5-6-8-16(15)24-4)17(22)21-13-19(14-23-3)9-11-20-12-10-19;/h5-8,20H,9-14H2,1-4H3,(H,21,22);1H. The third kappa shape index (κ3) is 5.09. The Bertz CT molecular complexity index is 552. The quantitative estimate of drug-likeness (QED) is 0.774. The number of hydrogen-bond donors (Lipinski definition) is 2. The SMILES string of the molecule is COCC1(CNC(=O)C(C)(C)c2ccccc2OC)CCNCC1.Cl. The Kier molecular flexibility index (Phi) is 8.19. The summed E-state index contributed by atoms with van der Waals surface area (Å²) < 4.78 is 10.9. The number of ether oxygens (including phenoxy) is 2. The summed E-state index contributed by atoms with van der Waals surface area (Å²) in [6.07, 6.45) is 2.02. The summed E-state index contributed by atoms with van der Waals surface area (Å²) in [5, 5.41) is 6.54. The van der Waals surface area contributed by atoms with Crippen LogP contribution >= 0.6 is 12.4 Å². The van der Waals surface area contributed by atoms with Crippen molar-refractivity contribution < 1.29 is 14.3 Å². The van der Waals surface area contributed by atoms with Crippen molar-refractivity contribution in [2.75, 3.05) is 40.5 Å². The van der Waals surface area contributed by atoms with E-state index in [9.17, 15) is 4.79 Å². The Morgan fingerprint density at radius 2 is 1.88 bits per heavy atom. The molecule has 142 valence electrons. The second kappa shape index (κ2) is 9.41. The van der Waals surface area contributed by atoms with Crippen LogP contribution < -0.4 is 15.4 Å². The van der Waals surface area contributed by atoms with Gasteiger partial charge in [-0.3, -0.25) is 4.79 Å². The van der Waals surface area contributed by atoms with Gasteiger partial charge in [-0.05, 0) is 45.8 Å². The van der Waals surface area contributed by atoms with Gasteiger partial charge in [0.25, 0.3) is 0 Å². The average Bonchev–Trinajstić information content (AvgIpc) is 2.60. The number of halogens is 1. The number of para-hydroxylation sites is 1. The molecule has 0 atom stereocenters. The van der Waals surface area contributed by atoms with Gasteiger partial charge in [0.15, 0.2) is 0 Å². The normalized spacial score (nSPS) is 16.6. The number of methoxy groups -OCH3 is 2. The lowest BCUT2D eigenvalue weighted by molar-refractivity contribution is -0.126. The molecule has 1 aromatic rings. The first-order valence-electron chi connectivity index (χ1n) is 8.57. The Morgan fingerprint density at radius 1 is 1.24 bits per heavy atom. The molecule has 1 aliphatic heterocycles. The number of carbonyl (C=O) groups excluding carboxylic acids is 1. The molecule has 0 bridgehead atoms. The van der Waals surface area contributed by atoms with E-state index in [0.29, 0.717) is 13.2 Å². The topological polar surface area (TPSA) is 59.6 Å². The van der Waals surface area contributed by atoms with Crippen molar-refractivity contribution in [3.63, 3.8) is 0 Å². The minimum absolute atomic E-state index is 0. The maximum absolute atomic E-state index is 12.9. The Balaban J connectivity index is 0.00000312. The van der Waals surface area contributed by atoms with E-state index < -0.39 is 5.41 Å². The number of rotatable bonds is 7. The average molecular weight is 371 g/mol. The van der Waals surface area contributed by atoms with Crippen LogP contribution in [0.25, 0.3) is 0 Å². The molecule has 6 heteroatoms. The molecule has 1 aromatic carbocycles. The molecule has 5 nitrogen and oxygen atoms in total. The molecule has 1 fully saturated rings. The monoisotopic (exact) mass is 370 g/mol. The zero-order valence-corrected chi connectivity index (χ0v) is 16.5. The zero-order valence-electron chi connectivity index (χ0n) is 15.7. The second-order valence-corrected chi connectivity index (χ2v) is 7.19. The van der Waals surface area contributed by atoms with E-state index in [0.717, 1.165) is 37.2 Å². The highest BCUT2D eigenvalue weighted by Gasteiger charge is 2.36. The minimum atomic E-state index is -0.659. The van der Waals surface area contributed by atoms with Gasteiger partial charge < -0.3 is 20.1 Å². The molecule has 1 amide bonds. The molecule has 0 aromatic heterocycles. The van der Waals surface area contributed by atoms with Crippen molar-refractivity contribution >= 4 is 18.3 Å². The van der Waals surface area contributed by atoms with Crippen LogP contribution in [-0.2, 0) is 14.9 Å². The molecule has 25 heavy (non-hydrogen) atoms. The molecule has 2 N–H and O–H groups in total. The predicted octanol–water partition coefficient (Wildman–Crippen LogP) is 2.53. The van der Waals surface area contributed by atoms with E-state index in [1.807, 2.05) is 38.1 Å². The molecule has 0 unspecified atom stereocenters. The van der Waals surface area contributed by atoms with Gasteiger partial charge in [0.2, 0.25) is 5.91 Å². The van der Waals surface area contributed by atoms with Crippen LogP contribution in [0.15, 0.2) is 24.3 Å². The van der Waals surface area contributed by atoms with Crippen LogP contribution in [0.4, 0.5) is 0 Å². The van der Waals surface area contributed by atoms with E-state index in [4.69, 9.17) is 9.47 Å². The van der Waals surface area contributed by atoms with Crippen molar-refractivity contribution in [2.45, 2.75) is 32.1 Å². The van der Waals surface area contributed by atoms with Gasteiger partial charge in [-0.2, -0.15) is 0 Å². The molecular formula is C19H31ClN2O3. The molecule has 0 aliphatic carbocycles. The van der Waals surface area contributed by atoms with Crippen molar-refractivity contribution in [1.82, 2.24) is 10.6 Å². The maximum atomic E-state index is 12.9. The number of amides is 1. The first kappa shape index (κ1) is 21.7. The van der Waals surface area contributed by atoms with Crippen molar-refractivity contribution in [1.29, 1.82) is 0 Å². The lowest BCUT2D eigenvalue weighted by atomic mass is 9.78. The van der Waals surface area contributed by atoms with Crippen LogP contribution in [0.5, 0.6) is 5.75 Å². The molecule has 0 spiro atoms. The Morgan fingerprint density at radius 3 is 2.48 bits per heavy atom. The van der Waals surface area contributed by atoms with E-state index in [-0.39, 0.29) is 23.7 Å². The summed E-state index contributed by atoms with van der Waals surface area (Å²) in [5.41, 5.74) is 0.261. The van der Waals surface area contributed by atoms with Crippen molar-refractivity contribution in [2.24, 2.45) is 5.41 Å². The first-order valence-corrected chi connectivity index (χ1v) is 8.57. The maximum Gasteiger partial charge on any atom is 0.230 e. The Hall–Kier alpha value is -1.30. The highest BCUT2D eigenvalue weighted by molar-refractivity contribution is 5.88. The number of benzene rings is 1. The van der Waals surface area contributed by atoms with Crippen molar-refractivity contribution in [3.05, 3.63) is 29.8 Å². The zero-order chi connectivity index (χ0) is 17.6.